The highest BCUT2D eigenvalue weighted by Gasteiger charge is 2.17. The molecule has 0 atom stereocenters. The second kappa shape index (κ2) is 16.0. The highest BCUT2D eigenvalue weighted by atomic mass is 16.3. The smallest absolute Gasteiger partial charge is 0.143 e. The summed E-state index contributed by atoms with van der Waals surface area (Å²) in [6, 6.07) is 91.9. The average molecular weight is 855 g/mol. The van der Waals surface area contributed by atoms with E-state index in [1.807, 2.05) is 0 Å². The zero-order valence-corrected chi connectivity index (χ0v) is 36.6. The van der Waals surface area contributed by atoms with Crippen LogP contribution in [0.3, 0.4) is 0 Å². The Balaban J connectivity index is 0.867. The fraction of sp³-hybridized carbons (Fsp3) is 0. The van der Waals surface area contributed by atoms with Crippen LogP contribution in [0.4, 0.5) is 17.1 Å². The summed E-state index contributed by atoms with van der Waals surface area (Å²) < 4.78 is 8.83. The molecule has 0 bridgehead atoms. The van der Waals surface area contributed by atoms with Crippen molar-refractivity contribution in [2.75, 3.05) is 4.90 Å². The summed E-state index contributed by atoms with van der Waals surface area (Å²) in [6.45, 7) is 0. The van der Waals surface area contributed by atoms with Crippen LogP contribution < -0.4 is 4.90 Å². The fourth-order valence-electron chi connectivity index (χ4n) is 10.1. The van der Waals surface area contributed by atoms with E-state index in [4.69, 9.17) is 4.42 Å². The van der Waals surface area contributed by atoms with E-state index >= 15 is 0 Å². The van der Waals surface area contributed by atoms with Crippen LogP contribution in [0.1, 0.15) is 0 Å². The zero-order chi connectivity index (χ0) is 44.3. The second-order valence-corrected chi connectivity index (χ2v) is 17.3. The normalized spacial score (nSPS) is 11.6. The van der Waals surface area contributed by atoms with Gasteiger partial charge in [0.1, 0.15) is 11.2 Å². The molecule has 0 saturated carbocycles. The second-order valence-electron chi connectivity index (χ2n) is 17.3. The number of hydrogen-bond donors (Lipinski definition) is 0. The van der Waals surface area contributed by atoms with E-state index in [9.17, 15) is 0 Å². The number of anilines is 3. The summed E-state index contributed by atoms with van der Waals surface area (Å²) in [5.74, 6) is 0. The molecule has 2 aromatic heterocycles. The van der Waals surface area contributed by atoms with Crippen LogP contribution in [0.15, 0.2) is 259 Å². The van der Waals surface area contributed by atoms with Gasteiger partial charge in [-0.1, -0.05) is 170 Å². The van der Waals surface area contributed by atoms with Crippen LogP contribution in [-0.2, 0) is 0 Å². The standard InChI is InChI=1S/C64H42N2O/c1-2-12-43(13-3-1)48-15-10-16-49(40-48)44-24-32-52(33-25-44)65(54-36-28-46(29-37-54)51-31-39-63-60(42-51)59-38-30-47-14-4-5-19-56(47)64(59)67-63)53-34-26-45(27-35-53)50-17-11-18-55(41-50)66-61-22-8-6-20-57(61)58-21-7-9-23-62(58)66/h1-42H. The number of rotatable bonds is 8. The van der Waals surface area contributed by atoms with E-state index < -0.39 is 0 Å². The van der Waals surface area contributed by atoms with Crippen molar-refractivity contribution in [3.63, 3.8) is 0 Å². The molecule has 0 spiro atoms. The topological polar surface area (TPSA) is 21.3 Å². The van der Waals surface area contributed by atoms with Crippen LogP contribution in [0.5, 0.6) is 0 Å². The number of nitrogens with zero attached hydrogens (tertiary/aromatic N) is 2. The molecule has 13 aromatic rings. The lowest BCUT2D eigenvalue weighted by atomic mass is 9.98. The van der Waals surface area contributed by atoms with E-state index in [0.717, 1.165) is 66.8 Å². The monoisotopic (exact) mass is 854 g/mol. The van der Waals surface area contributed by atoms with E-state index in [1.165, 1.54) is 55.0 Å². The Morgan fingerprint density at radius 3 is 1.36 bits per heavy atom. The molecule has 0 unspecified atom stereocenters. The van der Waals surface area contributed by atoms with Crippen molar-refractivity contribution in [2.45, 2.75) is 0 Å². The molecule has 0 radical (unpaired) electrons. The minimum absolute atomic E-state index is 0.898. The first-order chi connectivity index (χ1) is 33.2. The van der Waals surface area contributed by atoms with Gasteiger partial charge in [-0.3, -0.25) is 0 Å². The summed E-state index contributed by atoms with van der Waals surface area (Å²) in [6.07, 6.45) is 0. The van der Waals surface area contributed by atoms with Crippen molar-refractivity contribution in [1.29, 1.82) is 0 Å². The molecular weight excluding hydrogens is 813 g/mol. The minimum atomic E-state index is 0.898. The van der Waals surface area contributed by atoms with Gasteiger partial charge >= 0.3 is 0 Å². The Bertz CT molecular complexity index is 3900. The molecular formula is C64H42N2O. The Labute approximate surface area is 388 Å². The van der Waals surface area contributed by atoms with Gasteiger partial charge in [0.25, 0.3) is 0 Å². The molecule has 3 heteroatoms. The van der Waals surface area contributed by atoms with Crippen molar-refractivity contribution in [3.05, 3.63) is 255 Å². The van der Waals surface area contributed by atoms with Crippen molar-refractivity contribution < 1.29 is 4.42 Å². The highest BCUT2D eigenvalue weighted by Crippen LogP contribution is 2.41. The SMILES string of the molecule is c1ccc(-c2cccc(-c3ccc(N(c4ccc(-c5cccc(-n6c7ccccc7c7ccccc76)c5)cc4)c4ccc(-c5ccc6oc7c8ccccc8ccc7c6c5)cc4)cc3)c2)cc1. The molecule has 67 heavy (non-hydrogen) atoms. The largest absolute Gasteiger partial charge is 0.455 e. The number of para-hydroxylation sites is 2. The molecule has 0 aliphatic carbocycles. The van der Waals surface area contributed by atoms with Gasteiger partial charge in [0.2, 0.25) is 0 Å². The summed E-state index contributed by atoms with van der Waals surface area (Å²) in [5.41, 5.74) is 18.0. The van der Waals surface area contributed by atoms with Crippen molar-refractivity contribution >= 4 is 71.6 Å². The van der Waals surface area contributed by atoms with Gasteiger partial charge in [-0.25, -0.2) is 0 Å². The molecule has 0 saturated heterocycles. The third-order valence-corrected chi connectivity index (χ3v) is 13.4. The molecule has 11 aromatic carbocycles. The predicted molar refractivity (Wildman–Crippen MR) is 282 cm³/mol. The summed E-state index contributed by atoms with van der Waals surface area (Å²) >= 11 is 0. The van der Waals surface area contributed by atoms with Crippen molar-refractivity contribution in [2.24, 2.45) is 0 Å². The highest BCUT2D eigenvalue weighted by molar-refractivity contribution is 6.15. The number of hydrogen-bond acceptors (Lipinski definition) is 2. The quantitative estimate of drug-likeness (QED) is 0.152. The predicted octanol–water partition coefficient (Wildman–Crippen LogP) is 18.0. The first-order valence-corrected chi connectivity index (χ1v) is 22.9. The molecule has 0 amide bonds. The Hall–Kier alpha value is -8.92. The molecule has 0 aliphatic heterocycles. The maximum Gasteiger partial charge on any atom is 0.143 e. The molecule has 2 heterocycles. The number of furan rings is 1. The third-order valence-electron chi connectivity index (χ3n) is 13.4. The third kappa shape index (κ3) is 6.76. The van der Waals surface area contributed by atoms with Gasteiger partial charge < -0.3 is 13.9 Å². The maximum absolute atomic E-state index is 6.45. The van der Waals surface area contributed by atoms with Crippen LogP contribution in [0.2, 0.25) is 0 Å². The minimum Gasteiger partial charge on any atom is -0.455 e. The fourth-order valence-corrected chi connectivity index (χ4v) is 10.1. The van der Waals surface area contributed by atoms with E-state index in [0.29, 0.717) is 0 Å². The Morgan fingerprint density at radius 2 is 0.746 bits per heavy atom. The van der Waals surface area contributed by atoms with Gasteiger partial charge in [-0.2, -0.15) is 0 Å². The van der Waals surface area contributed by atoms with Crippen LogP contribution in [0.25, 0.3) is 105 Å². The zero-order valence-electron chi connectivity index (χ0n) is 36.6. The number of aromatic nitrogens is 1. The lowest BCUT2D eigenvalue weighted by molar-refractivity contribution is 0.672. The van der Waals surface area contributed by atoms with Crippen LogP contribution >= 0.6 is 0 Å². The van der Waals surface area contributed by atoms with Crippen molar-refractivity contribution in [3.8, 4) is 50.2 Å². The van der Waals surface area contributed by atoms with Gasteiger partial charge in [0.15, 0.2) is 0 Å². The summed E-state index contributed by atoms with van der Waals surface area (Å²) in [4.78, 5) is 2.35. The van der Waals surface area contributed by atoms with Gasteiger partial charge in [-0.15, -0.1) is 0 Å². The van der Waals surface area contributed by atoms with Crippen LogP contribution in [0, 0.1) is 0 Å². The lowest BCUT2D eigenvalue weighted by Gasteiger charge is -2.26. The Morgan fingerprint density at radius 1 is 0.284 bits per heavy atom. The van der Waals surface area contributed by atoms with Gasteiger partial charge in [-0.05, 0) is 135 Å². The average Bonchev–Trinajstić information content (AvgIpc) is 3.96. The molecule has 13 rings (SSSR count). The van der Waals surface area contributed by atoms with E-state index in [1.54, 1.807) is 0 Å². The number of fused-ring (bicyclic) bond motifs is 8. The summed E-state index contributed by atoms with van der Waals surface area (Å²) in [7, 11) is 0. The number of benzene rings is 11. The summed E-state index contributed by atoms with van der Waals surface area (Å²) in [5, 5.41) is 7.10. The van der Waals surface area contributed by atoms with Crippen LogP contribution in [-0.4, -0.2) is 4.57 Å². The first kappa shape index (κ1) is 38.5. The van der Waals surface area contributed by atoms with Gasteiger partial charge in [0, 0.05) is 49.7 Å². The van der Waals surface area contributed by atoms with E-state index in [2.05, 4.69) is 264 Å². The molecule has 0 N–H and O–H groups in total. The maximum atomic E-state index is 6.45. The Kier molecular flexibility index (Phi) is 9.17. The molecule has 3 nitrogen and oxygen atoms in total. The molecule has 0 aliphatic rings. The van der Waals surface area contributed by atoms with E-state index in [-0.39, 0.29) is 0 Å². The van der Waals surface area contributed by atoms with Gasteiger partial charge in [0.05, 0.1) is 11.0 Å². The molecule has 0 fully saturated rings. The first-order valence-electron chi connectivity index (χ1n) is 22.9. The molecule has 314 valence electrons. The lowest BCUT2D eigenvalue weighted by Crippen LogP contribution is -2.09. The van der Waals surface area contributed by atoms with Crippen molar-refractivity contribution in [1.82, 2.24) is 4.57 Å².